The molecule has 0 unspecified atom stereocenters. The SMILES string of the molecule is CN1C[C@@H](N(Cc2cc(F)c(F)cc2F)c2ccc(C#N)c(Cl)c2)CCO1. The molecule has 0 aromatic heterocycles. The lowest BCUT2D eigenvalue weighted by Gasteiger charge is -2.39. The number of hydrogen-bond donors (Lipinski definition) is 0. The van der Waals surface area contributed by atoms with Crippen molar-refractivity contribution in [3.63, 3.8) is 0 Å². The number of likely N-dealkylation sites (N-methyl/N-ethyl adjacent to an activating group) is 1. The quantitative estimate of drug-likeness (QED) is 0.725. The molecule has 3 rings (SSSR count). The molecule has 27 heavy (non-hydrogen) atoms. The third-order valence-corrected chi connectivity index (χ3v) is 4.82. The van der Waals surface area contributed by atoms with Crippen LogP contribution in [-0.4, -0.2) is 31.3 Å². The fourth-order valence-electron chi connectivity index (χ4n) is 3.11. The van der Waals surface area contributed by atoms with Crippen molar-refractivity contribution >= 4 is 17.3 Å². The van der Waals surface area contributed by atoms with Crippen LogP contribution in [0.25, 0.3) is 0 Å². The van der Waals surface area contributed by atoms with Gasteiger partial charge in [-0.25, -0.2) is 13.2 Å². The Labute approximate surface area is 160 Å². The number of hydroxylamine groups is 2. The summed E-state index contributed by atoms with van der Waals surface area (Å²) in [7, 11) is 1.79. The number of benzene rings is 2. The molecular formula is C19H17ClF3N3O. The molecule has 0 N–H and O–H groups in total. The second-order valence-electron chi connectivity index (χ2n) is 6.35. The number of anilines is 1. The zero-order valence-corrected chi connectivity index (χ0v) is 15.3. The van der Waals surface area contributed by atoms with Crippen LogP contribution in [0.3, 0.4) is 0 Å². The van der Waals surface area contributed by atoms with Gasteiger partial charge in [0.15, 0.2) is 11.6 Å². The molecule has 0 aliphatic carbocycles. The van der Waals surface area contributed by atoms with Gasteiger partial charge in [0, 0.05) is 43.5 Å². The molecule has 1 aliphatic rings. The van der Waals surface area contributed by atoms with Crippen LogP contribution in [0.1, 0.15) is 17.5 Å². The van der Waals surface area contributed by atoms with Gasteiger partial charge in [0.2, 0.25) is 0 Å². The normalized spacial score (nSPS) is 17.6. The smallest absolute Gasteiger partial charge is 0.161 e. The number of nitriles is 1. The van der Waals surface area contributed by atoms with E-state index in [0.29, 0.717) is 36.9 Å². The van der Waals surface area contributed by atoms with Gasteiger partial charge < -0.3 is 4.90 Å². The van der Waals surface area contributed by atoms with Gasteiger partial charge in [-0.05, 0) is 30.7 Å². The highest BCUT2D eigenvalue weighted by molar-refractivity contribution is 6.32. The van der Waals surface area contributed by atoms with E-state index in [9.17, 15) is 13.2 Å². The summed E-state index contributed by atoms with van der Waals surface area (Å²) in [5.41, 5.74) is 1.01. The molecule has 0 spiro atoms. The Morgan fingerprint density at radius 3 is 2.63 bits per heavy atom. The second-order valence-corrected chi connectivity index (χ2v) is 6.75. The highest BCUT2D eigenvalue weighted by Crippen LogP contribution is 2.29. The number of halogens is 4. The molecule has 2 aromatic rings. The minimum absolute atomic E-state index is 0.0176. The predicted octanol–water partition coefficient (Wildman–Crippen LogP) is 4.27. The van der Waals surface area contributed by atoms with Crippen molar-refractivity contribution < 1.29 is 18.0 Å². The lowest BCUT2D eigenvalue weighted by Crippen LogP contribution is -2.47. The van der Waals surface area contributed by atoms with Gasteiger partial charge in [0.05, 0.1) is 17.2 Å². The number of hydrogen-bond acceptors (Lipinski definition) is 4. The molecule has 1 atom stereocenters. The van der Waals surface area contributed by atoms with Crippen molar-refractivity contribution in [1.82, 2.24) is 5.06 Å². The fourth-order valence-corrected chi connectivity index (χ4v) is 3.33. The van der Waals surface area contributed by atoms with Gasteiger partial charge in [-0.2, -0.15) is 10.3 Å². The van der Waals surface area contributed by atoms with E-state index < -0.39 is 17.5 Å². The van der Waals surface area contributed by atoms with Crippen LogP contribution < -0.4 is 4.90 Å². The first-order valence-electron chi connectivity index (χ1n) is 8.33. The molecule has 1 heterocycles. The standard InChI is InChI=1S/C19H17ClF3N3O/c1-25-11-15(4-5-27-25)26(14-3-2-12(9-24)16(20)7-14)10-13-6-18(22)19(23)8-17(13)21/h2-3,6-8,15H,4-5,10-11H2,1H3/t15-/m0/s1. The molecule has 0 amide bonds. The summed E-state index contributed by atoms with van der Waals surface area (Å²) in [6.45, 7) is 1.02. The summed E-state index contributed by atoms with van der Waals surface area (Å²) >= 11 is 6.15. The van der Waals surface area contributed by atoms with E-state index in [1.165, 1.54) is 0 Å². The van der Waals surface area contributed by atoms with Gasteiger partial charge in [-0.3, -0.25) is 4.84 Å². The minimum Gasteiger partial charge on any atom is -0.363 e. The van der Waals surface area contributed by atoms with Crippen molar-refractivity contribution in [2.24, 2.45) is 0 Å². The third kappa shape index (κ3) is 4.35. The Morgan fingerprint density at radius 2 is 1.96 bits per heavy atom. The molecule has 0 bridgehead atoms. The van der Waals surface area contributed by atoms with Gasteiger partial charge in [0.25, 0.3) is 0 Å². The van der Waals surface area contributed by atoms with Crippen LogP contribution in [0.4, 0.5) is 18.9 Å². The molecule has 0 radical (unpaired) electrons. The largest absolute Gasteiger partial charge is 0.363 e. The maximum atomic E-state index is 14.2. The first kappa shape index (κ1) is 19.5. The Balaban J connectivity index is 1.99. The van der Waals surface area contributed by atoms with Crippen molar-refractivity contribution in [1.29, 1.82) is 5.26 Å². The molecule has 1 aliphatic heterocycles. The van der Waals surface area contributed by atoms with E-state index in [2.05, 4.69) is 0 Å². The van der Waals surface area contributed by atoms with E-state index in [0.717, 1.165) is 6.07 Å². The number of nitrogens with zero attached hydrogens (tertiary/aromatic N) is 3. The average Bonchev–Trinajstić information content (AvgIpc) is 2.63. The molecule has 142 valence electrons. The summed E-state index contributed by atoms with van der Waals surface area (Å²) in [5, 5.41) is 11.0. The molecule has 8 heteroatoms. The lowest BCUT2D eigenvalue weighted by atomic mass is 10.1. The van der Waals surface area contributed by atoms with Gasteiger partial charge in [-0.15, -0.1) is 0 Å². The molecule has 2 aromatic carbocycles. The zero-order valence-electron chi connectivity index (χ0n) is 14.6. The highest BCUT2D eigenvalue weighted by Gasteiger charge is 2.26. The Morgan fingerprint density at radius 1 is 1.22 bits per heavy atom. The highest BCUT2D eigenvalue weighted by atomic mass is 35.5. The van der Waals surface area contributed by atoms with E-state index >= 15 is 0 Å². The van der Waals surface area contributed by atoms with E-state index in [4.69, 9.17) is 21.7 Å². The Hall–Kier alpha value is -2.27. The van der Waals surface area contributed by atoms with Crippen molar-refractivity contribution in [2.45, 2.75) is 19.0 Å². The molecule has 4 nitrogen and oxygen atoms in total. The summed E-state index contributed by atoms with van der Waals surface area (Å²) in [5.74, 6) is -3.15. The van der Waals surface area contributed by atoms with E-state index in [1.54, 1.807) is 30.3 Å². The van der Waals surface area contributed by atoms with Crippen LogP contribution in [-0.2, 0) is 11.4 Å². The average molecular weight is 396 g/mol. The molecule has 1 saturated heterocycles. The summed E-state index contributed by atoms with van der Waals surface area (Å²) in [6, 6.07) is 8.24. The van der Waals surface area contributed by atoms with Gasteiger partial charge >= 0.3 is 0 Å². The summed E-state index contributed by atoms with van der Waals surface area (Å²) in [6.07, 6.45) is 0.660. The molecular weight excluding hydrogens is 379 g/mol. The van der Waals surface area contributed by atoms with Crippen LogP contribution >= 0.6 is 11.6 Å². The number of rotatable bonds is 4. The molecule has 1 fully saturated rings. The predicted molar refractivity (Wildman–Crippen MR) is 95.7 cm³/mol. The van der Waals surface area contributed by atoms with Crippen molar-refractivity contribution in [3.8, 4) is 6.07 Å². The van der Waals surface area contributed by atoms with Crippen LogP contribution in [0, 0.1) is 28.8 Å². The Bertz CT molecular complexity index is 887. The Kier molecular flexibility index (Phi) is 5.90. The van der Waals surface area contributed by atoms with E-state index in [1.807, 2.05) is 11.0 Å². The van der Waals surface area contributed by atoms with Gasteiger partial charge in [-0.1, -0.05) is 11.6 Å². The summed E-state index contributed by atoms with van der Waals surface area (Å²) < 4.78 is 41.1. The van der Waals surface area contributed by atoms with Crippen molar-refractivity contribution in [3.05, 3.63) is 63.9 Å². The first-order valence-corrected chi connectivity index (χ1v) is 8.70. The van der Waals surface area contributed by atoms with Crippen LogP contribution in [0.2, 0.25) is 5.02 Å². The topological polar surface area (TPSA) is 39.5 Å². The zero-order chi connectivity index (χ0) is 19.6. The van der Waals surface area contributed by atoms with Crippen LogP contribution in [0.15, 0.2) is 30.3 Å². The van der Waals surface area contributed by atoms with Crippen molar-refractivity contribution in [2.75, 3.05) is 25.1 Å². The monoisotopic (exact) mass is 395 g/mol. The second kappa shape index (κ2) is 8.17. The first-order chi connectivity index (χ1) is 12.9. The minimum atomic E-state index is -1.23. The maximum Gasteiger partial charge on any atom is 0.161 e. The molecule has 0 saturated carbocycles. The van der Waals surface area contributed by atoms with Crippen LogP contribution in [0.5, 0.6) is 0 Å². The maximum absolute atomic E-state index is 14.2. The lowest BCUT2D eigenvalue weighted by molar-refractivity contribution is -0.166. The summed E-state index contributed by atoms with van der Waals surface area (Å²) in [4.78, 5) is 7.28. The van der Waals surface area contributed by atoms with E-state index in [-0.39, 0.29) is 23.2 Å². The third-order valence-electron chi connectivity index (χ3n) is 4.51. The van der Waals surface area contributed by atoms with Gasteiger partial charge in [0.1, 0.15) is 11.9 Å². The fraction of sp³-hybridized carbons (Fsp3) is 0.316.